The first kappa shape index (κ1) is 19.0. The highest BCUT2D eigenvalue weighted by molar-refractivity contribution is 5.85. The number of hydrogen-bond donors (Lipinski definition) is 2. The van der Waals surface area contributed by atoms with E-state index in [0.29, 0.717) is 18.7 Å². The van der Waals surface area contributed by atoms with Gasteiger partial charge in [0.2, 0.25) is 0 Å². The molecule has 0 aliphatic rings. The van der Waals surface area contributed by atoms with Crippen molar-refractivity contribution in [2.45, 2.75) is 6.67 Å². The Morgan fingerprint density at radius 2 is 1.65 bits per heavy atom. The van der Waals surface area contributed by atoms with Gasteiger partial charge in [0.25, 0.3) is 5.56 Å². The van der Waals surface area contributed by atoms with Crippen LogP contribution in [0.5, 0.6) is 0 Å². The van der Waals surface area contributed by atoms with E-state index < -0.39 is 0 Å². The minimum absolute atomic E-state index is 0. The predicted octanol–water partition coefficient (Wildman–Crippen LogP) is 2.86. The number of nitrogens with one attached hydrogen (secondary N) is 2. The van der Waals surface area contributed by atoms with Crippen molar-refractivity contribution in [1.29, 1.82) is 0 Å². The highest BCUT2D eigenvalue weighted by atomic mass is 35.5. The molecule has 5 nitrogen and oxygen atoms in total. The van der Waals surface area contributed by atoms with Gasteiger partial charge in [0, 0.05) is 5.69 Å². The molecule has 0 unspecified atom stereocenters. The molecule has 0 bridgehead atoms. The van der Waals surface area contributed by atoms with Crippen molar-refractivity contribution in [2.24, 2.45) is 0 Å². The van der Waals surface area contributed by atoms with Crippen molar-refractivity contribution in [1.82, 2.24) is 14.9 Å². The standard InChI is InChI=1S/C16H16N4O.2ClH/c21-16-14-8-4-5-9-15(14)19-12-20(16)11-17-10-18-13-6-2-1-3-7-13;;/h1-9,12,17-18H,10-11H2;2*1H. The summed E-state index contributed by atoms with van der Waals surface area (Å²) in [5, 5.41) is 7.03. The monoisotopic (exact) mass is 352 g/mol. The molecule has 2 aromatic carbocycles. The fraction of sp³-hybridized carbons (Fsp3) is 0.125. The number of halogens is 2. The molecule has 0 aliphatic heterocycles. The molecule has 0 atom stereocenters. The first-order valence-electron chi connectivity index (χ1n) is 6.78. The van der Waals surface area contributed by atoms with Crippen LogP contribution >= 0.6 is 24.8 Å². The third kappa shape index (κ3) is 4.69. The molecule has 122 valence electrons. The zero-order valence-electron chi connectivity index (χ0n) is 12.3. The van der Waals surface area contributed by atoms with E-state index in [1.807, 2.05) is 48.5 Å². The van der Waals surface area contributed by atoms with E-state index in [-0.39, 0.29) is 30.4 Å². The average Bonchev–Trinajstić information content (AvgIpc) is 2.55. The Hall–Kier alpha value is -2.08. The van der Waals surface area contributed by atoms with Crippen LogP contribution in [0.15, 0.2) is 65.7 Å². The van der Waals surface area contributed by atoms with Crippen molar-refractivity contribution >= 4 is 41.4 Å². The molecule has 7 heteroatoms. The lowest BCUT2D eigenvalue weighted by Crippen LogP contribution is -2.31. The molecule has 0 amide bonds. The van der Waals surface area contributed by atoms with Gasteiger partial charge in [-0.3, -0.25) is 14.7 Å². The lowest BCUT2D eigenvalue weighted by molar-refractivity contribution is 0.561. The van der Waals surface area contributed by atoms with Crippen molar-refractivity contribution in [2.75, 3.05) is 12.0 Å². The molecule has 3 aromatic rings. The Kier molecular flexibility index (Phi) is 7.54. The third-order valence-electron chi connectivity index (χ3n) is 3.20. The van der Waals surface area contributed by atoms with Gasteiger partial charge in [0.1, 0.15) is 0 Å². The normalized spacial score (nSPS) is 9.74. The summed E-state index contributed by atoms with van der Waals surface area (Å²) in [5.41, 5.74) is 1.72. The molecule has 23 heavy (non-hydrogen) atoms. The van der Waals surface area contributed by atoms with E-state index in [1.165, 1.54) is 0 Å². The molecule has 3 rings (SSSR count). The Labute approximate surface area is 146 Å². The second kappa shape index (κ2) is 9.15. The zero-order chi connectivity index (χ0) is 14.5. The first-order chi connectivity index (χ1) is 10.3. The zero-order valence-corrected chi connectivity index (χ0v) is 13.9. The molecule has 0 radical (unpaired) electrons. The summed E-state index contributed by atoms with van der Waals surface area (Å²) in [6, 6.07) is 17.3. The summed E-state index contributed by atoms with van der Waals surface area (Å²) in [6.45, 7) is 0.986. The van der Waals surface area contributed by atoms with Gasteiger partial charge in [-0.25, -0.2) is 4.98 Å². The second-order valence-corrected chi connectivity index (χ2v) is 4.66. The highest BCUT2D eigenvalue weighted by Crippen LogP contribution is 2.04. The van der Waals surface area contributed by atoms with Crippen LogP contribution in [0, 0.1) is 0 Å². The van der Waals surface area contributed by atoms with E-state index in [2.05, 4.69) is 15.6 Å². The first-order valence-corrected chi connectivity index (χ1v) is 6.78. The molecular weight excluding hydrogens is 335 g/mol. The number of hydrogen-bond acceptors (Lipinski definition) is 4. The van der Waals surface area contributed by atoms with Gasteiger partial charge in [-0.1, -0.05) is 30.3 Å². The van der Waals surface area contributed by atoms with Gasteiger partial charge >= 0.3 is 0 Å². The summed E-state index contributed by atoms with van der Waals surface area (Å²) in [4.78, 5) is 16.5. The van der Waals surface area contributed by atoms with Crippen molar-refractivity contribution in [3.05, 3.63) is 71.3 Å². The Morgan fingerprint density at radius 1 is 0.957 bits per heavy atom. The highest BCUT2D eigenvalue weighted by Gasteiger charge is 2.02. The van der Waals surface area contributed by atoms with Crippen LogP contribution in [0.1, 0.15) is 0 Å². The minimum Gasteiger partial charge on any atom is -0.372 e. The van der Waals surface area contributed by atoms with E-state index in [4.69, 9.17) is 0 Å². The molecule has 0 saturated carbocycles. The fourth-order valence-electron chi connectivity index (χ4n) is 2.12. The number of aromatic nitrogens is 2. The number of benzene rings is 2. The largest absolute Gasteiger partial charge is 0.372 e. The number of anilines is 1. The van der Waals surface area contributed by atoms with Gasteiger partial charge in [-0.05, 0) is 24.3 Å². The molecule has 0 aliphatic carbocycles. The number of fused-ring (bicyclic) bond motifs is 1. The van der Waals surface area contributed by atoms with Gasteiger partial charge < -0.3 is 5.32 Å². The van der Waals surface area contributed by atoms with E-state index in [9.17, 15) is 4.79 Å². The maximum absolute atomic E-state index is 12.3. The van der Waals surface area contributed by atoms with Crippen LogP contribution < -0.4 is 16.2 Å². The number of para-hydroxylation sites is 2. The summed E-state index contributed by atoms with van der Waals surface area (Å²) >= 11 is 0. The topological polar surface area (TPSA) is 59.0 Å². The van der Waals surface area contributed by atoms with Crippen LogP contribution in [-0.2, 0) is 6.67 Å². The summed E-state index contributed by atoms with van der Waals surface area (Å²) in [5.74, 6) is 0. The van der Waals surface area contributed by atoms with Crippen LogP contribution in [0.4, 0.5) is 5.69 Å². The quantitative estimate of drug-likeness (QED) is 0.547. The lowest BCUT2D eigenvalue weighted by Gasteiger charge is -2.10. The Morgan fingerprint density at radius 3 is 2.43 bits per heavy atom. The molecule has 1 heterocycles. The van der Waals surface area contributed by atoms with Crippen molar-refractivity contribution in [3.63, 3.8) is 0 Å². The molecule has 0 fully saturated rings. The molecular formula is C16H18Cl2N4O. The summed E-state index contributed by atoms with van der Waals surface area (Å²) in [6.07, 6.45) is 1.57. The van der Waals surface area contributed by atoms with Crippen molar-refractivity contribution in [3.8, 4) is 0 Å². The number of rotatable bonds is 5. The van der Waals surface area contributed by atoms with Gasteiger partial charge in [-0.2, -0.15) is 0 Å². The van der Waals surface area contributed by atoms with Gasteiger partial charge in [-0.15, -0.1) is 24.8 Å². The molecule has 2 N–H and O–H groups in total. The average molecular weight is 353 g/mol. The van der Waals surface area contributed by atoms with Gasteiger partial charge in [0.15, 0.2) is 0 Å². The Bertz CT molecular complexity index is 793. The second-order valence-electron chi connectivity index (χ2n) is 4.66. The van der Waals surface area contributed by atoms with Crippen LogP contribution in [-0.4, -0.2) is 16.2 Å². The maximum atomic E-state index is 12.3. The van der Waals surface area contributed by atoms with E-state index >= 15 is 0 Å². The Balaban J connectivity index is 0.00000132. The maximum Gasteiger partial charge on any atom is 0.262 e. The smallest absolute Gasteiger partial charge is 0.262 e. The summed E-state index contributed by atoms with van der Waals surface area (Å²) in [7, 11) is 0. The van der Waals surface area contributed by atoms with Crippen LogP contribution in [0.25, 0.3) is 10.9 Å². The van der Waals surface area contributed by atoms with E-state index in [0.717, 1.165) is 11.2 Å². The molecule has 1 aromatic heterocycles. The predicted molar refractivity (Wildman–Crippen MR) is 98.6 cm³/mol. The minimum atomic E-state index is -0.0344. The summed E-state index contributed by atoms with van der Waals surface area (Å²) < 4.78 is 1.56. The fourth-order valence-corrected chi connectivity index (χ4v) is 2.12. The molecule has 0 spiro atoms. The van der Waals surface area contributed by atoms with E-state index in [1.54, 1.807) is 17.0 Å². The van der Waals surface area contributed by atoms with Crippen LogP contribution in [0.3, 0.4) is 0 Å². The number of nitrogens with zero attached hydrogens (tertiary/aromatic N) is 2. The van der Waals surface area contributed by atoms with Crippen LogP contribution in [0.2, 0.25) is 0 Å². The lowest BCUT2D eigenvalue weighted by atomic mass is 10.2. The molecule has 0 saturated heterocycles. The SMILES string of the molecule is Cl.Cl.O=c1c2ccccc2ncn1CNCNc1ccccc1. The van der Waals surface area contributed by atoms with Crippen molar-refractivity contribution < 1.29 is 0 Å². The third-order valence-corrected chi connectivity index (χ3v) is 3.20. The van der Waals surface area contributed by atoms with Gasteiger partial charge in [0.05, 0.1) is 30.6 Å².